The summed E-state index contributed by atoms with van der Waals surface area (Å²) >= 11 is 0. The minimum absolute atomic E-state index is 0.340. The van der Waals surface area contributed by atoms with Gasteiger partial charge < -0.3 is 5.11 Å². The molecule has 6 nitrogen and oxygen atoms in total. The lowest BCUT2D eigenvalue weighted by molar-refractivity contribution is -0.133. The molecule has 0 aliphatic rings. The summed E-state index contributed by atoms with van der Waals surface area (Å²) in [6, 6.07) is 0. The van der Waals surface area contributed by atoms with Crippen molar-refractivity contribution < 1.29 is 19.5 Å². The maximum Gasteiger partial charge on any atom is 0.329 e. The molecule has 0 aromatic rings. The molecule has 1 amide bonds. The predicted octanol–water partition coefficient (Wildman–Crippen LogP) is 0.773. The lowest BCUT2D eigenvalue weighted by Crippen LogP contribution is -2.36. The topological polar surface area (TPSA) is 109 Å². The van der Waals surface area contributed by atoms with Crippen molar-refractivity contribution in [1.29, 1.82) is 0 Å². The van der Waals surface area contributed by atoms with Crippen LogP contribution in [-0.4, -0.2) is 22.8 Å². The third-order valence-corrected chi connectivity index (χ3v) is 2.68. The van der Waals surface area contributed by atoms with Crippen LogP contribution < -0.4 is 11.3 Å². The van der Waals surface area contributed by atoms with E-state index in [1.54, 1.807) is 5.43 Å². The molecule has 0 aromatic carbocycles. The zero-order chi connectivity index (χ0) is 14.1. The van der Waals surface area contributed by atoms with Gasteiger partial charge in [-0.3, -0.25) is 15.0 Å². The fourth-order valence-electron chi connectivity index (χ4n) is 1.64. The Morgan fingerprint density at radius 2 is 1.94 bits per heavy atom. The van der Waals surface area contributed by atoms with Gasteiger partial charge in [-0.1, -0.05) is 26.7 Å². The number of hydrazine groups is 1. The van der Waals surface area contributed by atoms with E-state index in [0.29, 0.717) is 18.9 Å². The number of unbranched alkanes of at least 4 members (excludes halogenated alkanes) is 1. The quantitative estimate of drug-likeness (QED) is 0.148. The van der Waals surface area contributed by atoms with Crippen molar-refractivity contribution in [3.05, 3.63) is 11.6 Å². The van der Waals surface area contributed by atoms with Crippen LogP contribution in [0, 0.1) is 5.92 Å². The molecule has 0 saturated heterocycles. The van der Waals surface area contributed by atoms with Gasteiger partial charge >= 0.3 is 5.97 Å². The average molecular weight is 256 g/mol. The zero-order valence-electron chi connectivity index (χ0n) is 10.7. The fraction of sp³-hybridized carbons (Fsp3) is 0.583. The number of carbonyl (C=O) groups is 3. The highest BCUT2D eigenvalue weighted by Gasteiger charge is 2.25. The van der Waals surface area contributed by atoms with Crippen LogP contribution in [0.25, 0.3) is 0 Å². The Hall–Kier alpha value is -1.69. The highest BCUT2D eigenvalue weighted by molar-refractivity contribution is 6.22. The Balaban J connectivity index is 5.04. The molecular formula is C12H20N2O4. The normalized spacial score (nSPS) is 12.9. The molecule has 0 heterocycles. The molecule has 1 atom stereocenters. The first-order valence-electron chi connectivity index (χ1n) is 5.97. The van der Waals surface area contributed by atoms with Gasteiger partial charge in [0.05, 0.1) is 5.57 Å². The van der Waals surface area contributed by atoms with Crippen molar-refractivity contribution in [2.45, 2.75) is 39.5 Å². The van der Waals surface area contributed by atoms with Gasteiger partial charge in [-0.05, 0) is 12.8 Å². The summed E-state index contributed by atoms with van der Waals surface area (Å²) in [5, 5.41) is 8.66. The molecule has 0 aromatic heterocycles. The highest BCUT2D eigenvalue weighted by atomic mass is 16.4. The Morgan fingerprint density at radius 3 is 2.33 bits per heavy atom. The van der Waals surface area contributed by atoms with Crippen LogP contribution in [0.3, 0.4) is 0 Å². The number of aliphatic carboxylic acids is 1. The van der Waals surface area contributed by atoms with Crippen LogP contribution in [-0.2, 0) is 14.4 Å². The number of nitrogens with two attached hydrogens (primary N) is 1. The van der Waals surface area contributed by atoms with Gasteiger partial charge in [-0.25, -0.2) is 10.6 Å². The first-order chi connectivity index (χ1) is 8.47. The van der Waals surface area contributed by atoms with Gasteiger partial charge in [0, 0.05) is 12.0 Å². The summed E-state index contributed by atoms with van der Waals surface area (Å²) in [5.74, 6) is 1.94. The van der Waals surface area contributed by atoms with E-state index >= 15 is 0 Å². The van der Waals surface area contributed by atoms with Crippen molar-refractivity contribution in [2.24, 2.45) is 11.8 Å². The smallest absolute Gasteiger partial charge is 0.329 e. The third kappa shape index (κ3) is 5.09. The number of carbonyl (C=O) groups excluding carboxylic acids is 2. The number of carboxylic acids is 1. The van der Waals surface area contributed by atoms with Crippen molar-refractivity contribution in [2.75, 3.05) is 0 Å². The molecule has 4 N–H and O–H groups in total. The van der Waals surface area contributed by atoms with Gasteiger partial charge in [-0.2, -0.15) is 0 Å². The second-order valence-electron chi connectivity index (χ2n) is 3.98. The summed E-state index contributed by atoms with van der Waals surface area (Å²) in [4.78, 5) is 34.1. The third-order valence-electron chi connectivity index (χ3n) is 2.68. The van der Waals surface area contributed by atoms with Crippen LogP contribution >= 0.6 is 0 Å². The van der Waals surface area contributed by atoms with Crippen molar-refractivity contribution in [3.8, 4) is 0 Å². The Bertz CT molecular complexity index is 350. The molecule has 0 bridgehead atoms. The molecule has 0 spiro atoms. The molecule has 0 rings (SSSR count). The summed E-state index contributed by atoms with van der Waals surface area (Å²) in [5.41, 5.74) is 1.40. The van der Waals surface area contributed by atoms with Gasteiger partial charge in [0.2, 0.25) is 0 Å². The number of carboxylic acid groups (broad SMARTS) is 1. The second-order valence-corrected chi connectivity index (χ2v) is 3.98. The Labute approximate surface area is 106 Å². The monoisotopic (exact) mass is 256 g/mol. The van der Waals surface area contributed by atoms with Crippen LogP contribution in [0.4, 0.5) is 0 Å². The van der Waals surface area contributed by atoms with Crippen molar-refractivity contribution >= 4 is 17.7 Å². The van der Waals surface area contributed by atoms with Gasteiger partial charge in [0.1, 0.15) is 0 Å². The lowest BCUT2D eigenvalue weighted by Gasteiger charge is -2.14. The van der Waals surface area contributed by atoms with Crippen LogP contribution in [0.1, 0.15) is 39.5 Å². The molecule has 102 valence electrons. The van der Waals surface area contributed by atoms with Gasteiger partial charge in [-0.15, -0.1) is 0 Å². The minimum atomic E-state index is -1.34. The maximum absolute atomic E-state index is 12.1. The summed E-state index contributed by atoms with van der Waals surface area (Å²) in [7, 11) is 0. The van der Waals surface area contributed by atoms with E-state index in [4.69, 9.17) is 10.9 Å². The number of Topliss-reactive ketones (excluding diaryl/α,β-unsaturated/α-hetero) is 1. The first kappa shape index (κ1) is 16.3. The Kier molecular flexibility index (Phi) is 7.62. The second kappa shape index (κ2) is 8.41. The van der Waals surface area contributed by atoms with Crippen LogP contribution in [0.2, 0.25) is 0 Å². The number of nitrogens with one attached hydrogen (secondary N) is 1. The standard InChI is InChI=1S/C12H20N2O4/c1-3-5-6-8(4-2)11(17)9(7-10(15)16)12(18)14-13/h7-8H,3-6,13H2,1-2H3,(H,14,18)(H,15,16)/b9-7-. The van der Waals surface area contributed by atoms with Gasteiger partial charge in [0.15, 0.2) is 5.78 Å². The van der Waals surface area contributed by atoms with E-state index in [9.17, 15) is 14.4 Å². The molecule has 6 heteroatoms. The van der Waals surface area contributed by atoms with Gasteiger partial charge in [0.25, 0.3) is 5.91 Å². The predicted molar refractivity (Wildman–Crippen MR) is 66.4 cm³/mol. The molecule has 1 unspecified atom stereocenters. The molecule has 0 aliphatic carbocycles. The van der Waals surface area contributed by atoms with E-state index in [2.05, 4.69) is 0 Å². The summed E-state index contributed by atoms with van der Waals surface area (Å²) < 4.78 is 0. The fourth-order valence-corrected chi connectivity index (χ4v) is 1.64. The van der Waals surface area contributed by atoms with E-state index < -0.39 is 23.2 Å². The molecular weight excluding hydrogens is 236 g/mol. The molecule has 0 fully saturated rings. The average Bonchev–Trinajstić information content (AvgIpc) is 2.35. The minimum Gasteiger partial charge on any atom is -0.478 e. The van der Waals surface area contributed by atoms with E-state index in [0.717, 1.165) is 12.8 Å². The number of hydrogen-bond donors (Lipinski definition) is 3. The van der Waals surface area contributed by atoms with Crippen molar-refractivity contribution in [1.82, 2.24) is 5.43 Å². The number of ketones is 1. The van der Waals surface area contributed by atoms with Crippen molar-refractivity contribution in [3.63, 3.8) is 0 Å². The number of rotatable bonds is 8. The molecule has 0 saturated carbocycles. The SMILES string of the molecule is CCCCC(CC)C(=O)/C(=C/C(=O)O)C(=O)NN. The zero-order valence-corrected chi connectivity index (χ0v) is 10.7. The maximum atomic E-state index is 12.1. The number of amides is 1. The van der Waals surface area contributed by atoms with Crippen LogP contribution in [0.5, 0.6) is 0 Å². The first-order valence-corrected chi connectivity index (χ1v) is 5.97. The van der Waals surface area contributed by atoms with Crippen LogP contribution in [0.15, 0.2) is 11.6 Å². The van der Waals surface area contributed by atoms with E-state index in [1.165, 1.54) is 0 Å². The highest BCUT2D eigenvalue weighted by Crippen LogP contribution is 2.18. The largest absolute Gasteiger partial charge is 0.478 e. The van der Waals surface area contributed by atoms with E-state index in [-0.39, 0.29) is 5.92 Å². The molecule has 18 heavy (non-hydrogen) atoms. The molecule has 0 aliphatic heterocycles. The summed E-state index contributed by atoms with van der Waals surface area (Å²) in [6.45, 7) is 3.83. The Morgan fingerprint density at radius 1 is 1.33 bits per heavy atom. The summed E-state index contributed by atoms with van der Waals surface area (Å²) in [6.07, 6.45) is 3.60. The number of hydrogen-bond acceptors (Lipinski definition) is 4. The van der Waals surface area contributed by atoms with E-state index in [1.807, 2.05) is 13.8 Å². The molecule has 0 radical (unpaired) electrons. The lowest BCUT2D eigenvalue weighted by atomic mass is 9.90.